The zero-order valence-corrected chi connectivity index (χ0v) is 11.3. The molecule has 0 unspecified atom stereocenters. The Bertz CT molecular complexity index is 737. The first-order valence-electron chi connectivity index (χ1n) is 6.63. The van der Waals surface area contributed by atoms with Crippen LogP contribution in [0.25, 0.3) is 11.0 Å². The highest BCUT2D eigenvalue weighted by molar-refractivity contribution is 5.86. The third-order valence-electron chi connectivity index (χ3n) is 3.19. The van der Waals surface area contributed by atoms with Gasteiger partial charge in [-0.05, 0) is 29.8 Å². The van der Waals surface area contributed by atoms with Crippen molar-refractivity contribution in [2.24, 2.45) is 0 Å². The summed E-state index contributed by atoms with van der Waals surface area (Å²) in [5, 5.41) is 13.8. The molecule has 0 fully saturated rings. The molecule has 21 heavy (non-hydrogen) atoms. The van der Waals surface area contributed by atoms with Gasteiger partial charge >= 0.3 is 0 Å². The van der Waals surface area contributed by atoms with Gasteiger partial charge in [-0.2, -0.15) is 0 Å². The molecule has 0 radical (unpaired) electrons. The van der Waals surface area contributed by atoms with Crippen molar-refractivity contribution < 1.29 is 18.8 Å². The lowest BCUT2D eigenvalue weighted by atomic mass is 10.1. The number of aliphatic hydroxyl groups is 1. The van der Waals surface area contributed by atoms with Crippen LogP contribution in [0.3, 0.4) is 0 Å². The number of hydrogen-bond acceptors (Lipinski definition) is 4. The van der Waals surface area contributed by atoms with Crippen LogP contribution in [-0.2, 0) is 13.0 Å². The first-order valence-corrected chi connectivity index (χ1v) is 6.63. The van der Waals surface area contributed by atoms with Gasteiger partial charge in [0, 0.05) is 13.0 Å². The normalized spacial score (nSPS) is 11.0. The van der Waals surface area contributed by atoms with E-state index in [0.29, 0.717) is 30.1 Å². The first-order chi connectivity index (χ1) is 10.3. The molecule has 1 heterocycles. The van der Waals surface area contributed by atoms with Gasteiger partial charge in [-0.3, -0.25) is 0 Å². The van der Waals surface area contributed by atoms with Crippen molar-refractivity contribution in [3.8, 4) is 5.75 Å². The molecule has 2 aromatic carbocycles. The Hall–Kier alpha value is -2.40. The highest BCUT2D eigenvalue weighted by Gasteiger charge is 2.13. The number of hydrogen-bond donors (Lipinski definition) is 1. The van der Waals surface area contributed by atoms with Crippen molar-refractivity contribution in [3.63, 3.8) is 0 Å². The zero-order chi connectivity index (χ0) is 14.7. The highest BCUT2D eigenvalue weighted by atomic mass is 19.1. The van der Waals surface area contributed by atoms with E-state index in [-0.39, 0.29) is 12.4 Å². The van der Waals surface area contributed by atoms with Crippen molar-refractivity contribution in [1.29, 1.82) is 0 Å². The Balaban J connectivity index is 1.86. The predicted octanol–water partition coefficient (Wildman–Crippen LogP) is 3.08. The van der Waals surface area contributed by atoms with Gasteiger partial charge in [-0.15, -0.1) is 0 Å². The van der Waals surface area contributed by atoms with Gasteiger partial charge in [-0.25, -0.2) is 4.39 Å². The van der Waals surface area contributed by atoms with E-state index in [1.807, 2.05) is 12.1 Å². The minimum atomic E-state index is -0.273. The fourth-order valence-electron chi connectivity index (χ4n) is 2.16. The molecule has 5 heteroatoms. The quantitative estimate of drug-likeness (QED) is 0.783. The van der Waals surface area contributed by atoms with Gasteiger partial charge in [0.15, 0.2) is 5.58 Å². The smallest absolute Gasteiger partial charge is 0.170 e. The Morgan fingerprint density at radius 1 is 1.14 bits per heavy atom. The van der Waals surface area contributed by atoms with Crippen molar-refractivity contribution in [1.82, 2.24) is 5.16 Å². The Morgan fingerprint density at radius 2 is 1.95 bits per heavy atom. The summed E-state index contributed by atoms with van der Waals surface area (Å²) in [6.07, 6.45) is 0.407. The van der Waals surface area contributed by atoms with E-state index in [1.54, 1.807) is 18.2 Å². The molecule has 3 rings (SSSR count). The molecule has 0 spiro atoms. The average Bonchev–Trinajstić information content (AvgIpc) is 2.91. The van der Waals surface area contributed by atoms with Crippen molar-refractivity contribution in [3.05, 3.63) is 59.5 Å². The number of nitrogens with zero attached hydrogens (tertiary/aromatic N) is 1. The zero-order valence-electron chi connectivity index (χ0n) is 11.3. The number of aliphatic hydroxyl groups excluding tert-OH is 1. The molecule has 0 saturated heterocycles. The van der Waals surface area contributed by atoms with Gasteiger partial charge in [-0.1, -0.05) is 23.4 Å². The number of aromatic nitrogens is 1. The number of ether oxygens (including phenoxy) is 1. The third kappa shape index (κ3) is 2.87. The molecule has 4 nitrogen and oxygen atoms in total. The Kier molecular flexibility index (Phi) is 3.83. The van der Waals surface area contributed by atoms with Crippen molar-refractivity contribution >= 4 is 11.0 Å². The fraction of sp³-hybridized carbons (Fsp3) is 0.188. The minimum Gasteiger partial charge on any atom is -0.488 e. The van der Waals surface area contributed by atoms with E-state index in [0.717, 1.165) is 10.9 Å². The maximum Gasteiger partial charge on any atom is 0.170 e. The van der Waals surface area contributed by atoms with Crippen LogP contribution in [0.4, 0.5) is 4.39 Å². The van der Waals surface area contributed by atoms with Gasteiger partial charge in [0.05, 0.1) is 11.1 Å². The molecule has 0 atom stereocenters. The Morgan fingerprint density at radius 3 is 2.71 bits per heavy atom. The van der Waals surface area contributed by atoms with E-state index in [2.05, 4.69) is 5.16 Å². The first kappa shape index (κ1) is 13.6. The third-order valence-corrected chi connectivity index (χ3v) is 3.19. The molecule has 0 amide bonds. The molecule has 0 aliphatic rings. The second kappa shape index (κ2) is 5.93. The summed E-state index contributed by atoms with van der Waals surface area (Å²) in [5.74, 6) is 0.367. The molecule has 1 aromatic heterocycles. The van der Waals surface area contributed by atoms with Crippen LogP contribution in [0.2, 0.25) is 0 Å². The lowest BCUT2D eigenvalue weighted by molar-refractivity contribution is 0.294. The van der Waals surface area contributed by atoms with Crippen LogP contribution in [0.15, 0.2) is 47.0 Å². The molecule has 108 valence electrons. The second-order valence-corrected chi connectivity index (χ2v) is 4.65. The lowest BCUT2D eigenvalue weighted by Gasteiger charge is -2.07. The molecule has 0 bridgehead atoms. The summed E-state index contributed by atoms with van der Waals surface area (Å²) < 4.78 is 23.9. The highest BCUT2D eigenvalue weighted by Crippen LogP contribution is 2.29. The number of halogens is 1. The summed E-state index contributed by atoms with van der Waals surface area (Å²) in [4.78, 5) is 0. The van der Waals surface area contributed by atoms with Crippen molar-refractivity contribution in [2.45, 2.75) is 13.0 Å². The van der Waals surface area contributed by atoms with Crippen LogP contribution in [0, 0.1) is 5.82 Å². The summed E-state index contributed by atoms with van der Waals surface area (Å²) in [5.41, 5.74) is 2.16. The van der Waals surface area contributed by atoms with Crippen LogP contribution in [-0.4, -0.2) is 16.9 Å². The summed E-state index contributed by atoms with van der Waals surface area (Å²) in [7, 11) is 0. The largest absolute Gasteiger partial charge is 0.488 e. The maximum atomic E-state index is 12.9. The number of benzene rings is 2. The van der Waals surface area contributed by atoms with E-state index < -0.39 is 0 Å². The summed E-state index contributed by atoms with van der Waals surface area (Å²) >= 11 is 0. The van der Waals surface area contributed by atoms with Gasteiger partial charge in [0.25, 0.3) is 0 Å². The number of rotatable bonds is 5. The van der Waals surface area contributed by atoms with Gasteiger partial charge in [0.1, 0.15) is 18.2 Å². The van der Waals surface area contributed by atoms with Crippen LogP contribution >= 0.6 is 0 Å². The van der Waals surface area contributed by atoms with E-state index in [9.17, 15) is 4.39 Å². The van der Waals surface area contributed by atoms with E-state index >= 15 is 0 Å². The SMILES string of the molecule is OCCc1noc2cccc(OCc3ccc(F)cc3)c12. The summed E-state index contributed by atoms with van der Waals surface area (Å²) in [6, 6.07) is 11.6. The minimum absolute atomic E-state index is 0.00602. The van der Waals surface area contributed by atoms with Crippen LogP contribution < -0.4 is 4.74 Å². The molecular weight excluding hydrogens is 273 g/mol. The molecule has 1 N–H and O–H groups in total. The topological polar surface area (TPSA) is 55.5 Å². The average molecular weight is 287 g/mol. The molecule has 0 aliphatic carbocycles. The molecule has 3 aromatic rings. The van der Waals surface area contributed by atoms with Gasteiger partial charge < -0.3 is 14.4 Å². The van der Waals surface area contributed by atoms with Gasteiger partial charge in [0.2, 0.25) is 0 Å². The van der Waals surface area contributed by atoms with E-state index in [4.69, 9.17) is 14.4 Å². The molecule has 0 saturated carbocycles. The van der Waals surface area contributed by atoms with Crippen LogP contribution in [0.5, 0.6) is 5.75 Å². The molecule has 0 aliphatic heterocycles. The second-order valence-electron chi connectivity index (χ2n) is 4.65. The maximum absolute atomic E-state index is 12.9. The standard InChI is InChI=1S/C16H14FNO3/c17-12-6-4-11(5-7-12)10-20-14-2-1-3-15-16(14)13(8-9-19)18-21-15/h1-7,19H,8-10H2. The summed E-state index contributed by atoms with van der Waals surface area (Å²) in [6.45, 7) is 0.317. The fourth-order valence-corrected chi connectivity index (χ4v) is 2.16. The van der Waals surface area contributed by atoms with Crippen molar-refractivity contribution in [2.75, 3.05) is 6.61 Å². The lowest BCUT2D eigenvalue weighted by Crippen LogP contribution is -1.97. The monoisotopic (exact) mass is 287 g/mol. The van der Waals surface area contributed by atoms with Crippen LogP contribution in [0.1, 0.15) is 11.3 Å². The Labute approximate surface area is 120 Å². The predicted molar refractivity (Wildman–Crippen MR) is 75.5 cm³/mol. The van der Waals surface area contributed by atoms with E-state index in [1.165, 1.54) is 12.1 Å². The molecular formula is C16H14FNO3. The number of fused-ring (bicyclic) bond motifs is 1.